The van der Waals surface area contributed by atoms with Crippen LogP contribution in [0.3, 0.4) is 0 Å². The average Bonchev–Trinajstić information content (AvgIpc) is 1.95. The van der Waals surface area contributed by atoms with Gasteiger partial charge in [0, 0.05) is 12.3 Å². The number of hydrogen-bond donors (Lipinski definition) is 1. The van der Waals surface area contributed by atoms with Crippen LogP contribution in [0.15, 0.2) is 0 Å². The first-order valence-corrected chi connectivity index (χ1v) is 4.34. The van der Waals surface area contributed by atoms with Crippen LogP contribution in [0.25, 0.3) is 0 Å². The Kier molecular flexibility index (Phi) is 6.18. The van der Waals surface area contributed by atoms with Crippen LogP contribution in [0.5, 0.6) is 0 Å². The first-order valence-electron chi connectivity index (χ1n) is 4.34. The first kappa shape index (κ1) is 11.0. The molecular weight excluding hydrogens is 152 g/mol. The summed E-state index contributed by atoms with van der Waals surface area (Å²) < 4.78 is 0. The maximum absolute atomic E-state index is 9.97. The maximum Gasteiger partial charge on any atom is 0.381 e. The number of unbranched alkanes of at least 4 members (excludes halogenated alkanes) is 2. The Bertz CT molecular complexity index is 184. The summed E-state index contributed by atoms with van der Waals surface area (Å²) in [7, 11) is 0. The second kappa shape index (κ2) is 6.72. The summed E-state index contributed by atoms with van der Waals surface area (Å²) in [5.74, 6) is 4.41. The molecule has 0 amide bonds. The number of rotatable bonds is 4. The Morgan fingerprint density at radius 3 is 2.58 bits per heavy atom. The van der Waals surface area contributed by atoms with Gasteiger partial charge in [0.25, 0.3) is 0 Å². The number of carbonyl (C=O) groups is 1. The normalized spacial score (nSPS) is 9.25. The van der Waals surface area contributed by atoms with Crippen molar-refractivity contribution in [3.05, 3.63) is 0 Å². The van der Waals surface area contributed by atoms with E-state index in [1.807, 2.05) is 0 Å². The topological polar surface area (TPSA) is 37.3 Å². The Hall–Kier alpha value is -0.970. The van der Waals surface area contributed by atoms with Gasteiger partial charge in [-0.1, -0.05) is 32.6 Å². The Morgan fingerprint density at radius 1 is 1.42 bits per heavy atom. The molecule has 0 aromatic heterocycles. The predicted molar refractivity (Wildman–Crippen MR) is 48.7 cm³/mol. The largest absolute Gasteiger partial charge is 0.472 e. The molecule has 68 valence electrons. The molecule has 0 aromatic rings. The van der Waals surface area contributed by atoms with Gasteiger partial charge in [-0.05, 0) is 12.3 Å². The lowest BCUT2D eigenvalue weighted by Gasteiger charge is -2.00. The highest BCUT2D eigenvalue weighted by atomic mass is 16.4. The molecule has 1 N–H and O–H groups in total. The van der Waals surface area contributed by atoms with Crippen LogP contribution >= 0.6 is 0 Å². The van der Waals surface area contributed by atoms with Crippen molar-refractivity contribution in [2.45, 2.75) is 39.5 Å². The van der Waals surface area contributed by atoms with Crippen LogP contribution < -0.4 is 0 Å². The lowest BCUT2D eigenvalue weighted by molar-refractivity contribution is -0.130. The summed E-state index contributed by atoms with van der Waals surface area (Å²) in [5, 5.41) is 8.18. The van der Waals surface area contributed by atoms with E-state index in [2.05, 4.69) is 25.7 Å². The van der Waals surface area contributed by atoms with Crippen molar-refractivity contribution < 1.29 is 9.90 Å². The zero-order valence-corrected chi connectivity index (χ0v) is 7.76. The fourth-order valence-corrected chi connectivity index (χ4v) is 0.904. The molecule has 0 heterocycles. The van der Waals surface area contributed by atoms with E-state index in [9.17, 15) is 4.79 Å². The molecule has 0 aliphatic heterocycles. The van der Waals surface area contributed by atoms with Gasteiger partial charge in [0.1, 0.15) is 0 Å². The molecule has 0 rings (SSSR count). The van der Waals surface area contributed by atoms with Gasteiger partial charge in [-0.2, -0.15) is 0 Å². The van der Waals surface area contributed by atoms with E-state index in [1.165, 1.54) is 6.42 Å². The third-order valence-corrected chi connectivity index (χ3v) is 1.53. The van der Waals surface area contributed by atoms with Crippen molar-refractivity contribution in [3.8, 4) is 11.8 Å². The highest BCUT2D eigenvalue weighted by Gasteiger charge is 1.92. The second-order valence-corrected chi connectivity index (χ2v) is 3.25. The van der Waals surface area contributed by atoms with E-state index in [-0.39, 0.29) is 0 Å². The summed E-state index contributed by atoms with van der Waals surface area (Å²) >= 11 is 0. The molecule has 2 heteroatoms. The van der Waals surface area contributed by atoms with Crippen molar-refractivity contribution in [2.24, 2.45) is 5.92 Å². The molecule has 0 aliphatic rings. The maximum atomic E-state index is 9.97. The van der Waals surface area contributed by atoms with Crippen LogP contribution in [-0.2, 0) is 4.79 Å². The van der Waals surface area contributed by atoms with E-state index in [4.69, 9.17) is 5.11 Å². The highest BCUT2D eigenvalue weighted by molar-refractivity contribution is 5.86. The zero-order valence-electron chi connectivity index (χ0n) is 7.76. The van der Waals surface area contributed by atoms with Crippen molar-refractivity contribution >= 4 is 5.97 Å². The molecule has 2 nitrogen and oxygen atoms in total. The molecule has 0 saturated heterocycles. The molecule has 12 heavy (non-hydrogen) atoms. The summed E-state index contributed by atoms with van der Waals surface area (Å²) in [6.45, 7) is 4.37. The summed E-state index contributed by atoms with van der Waals surface area (Å²) in [6.07, 6.45) is 4.07. The van der Waals surface area contributed by atoms with E-state index in [0.717, 1.165) is 18.8 Å². The van der Waals surface area contributed by atoms with Crippen molar-refractivity contribution in [1.82, 2.24) is 0 Å². The van der Waals surface area contributed by atoms with Crippen LogP contribution in [-0.4, -0.2) is 11.1 Å². The average molecular weight is 168 g/mol. The molecule has 0 unspecified atom stereocenters. The highest BCUT2D eigenvalue weighted by Crippen LogP contribution is 2.06. The minimum Gasteiger partial charge on any atom is -0.472 e. The van der Waals surface area contributed by atoms with Gasteiger partial charge in [-0.15, -0.1) is 0 Å². The predicted octanol–water partition coefficient (Wildman–Crippen LogP) is 2.29. The van der Waals surface area contributed by atoms with Gasteiger partial charge in [0.15, 0.2) is 0 Å². The second-order valence-electron chi connectivity index (χ2n) is 3.25. The van der Waals surface area contributed by atoms with E-state index in [0.29, 0.717) is 6.42 Å². The van der Waals surface area contributed by atoms with Gasteiger partial charge in [0.2, 0.25) is 0 Å². The molecule has 0 aliphatic carbocycles. The van der Waals surface area contributed by atoms with Gasteiger partial charge in [0.05, 0.1) is 0 Å². The summed E-state index contributed by atoms with van der Waals surface area (Å²) in [5.41, 5.74) is 0. The third-order valence-electron chi connectivity index (χ3n) is 1.53. The number of hydrogen-bond acceptors (Lipinski definition) is 1. The molecule has 0 bridgehead atoms. The minimum atomic E-state index is -1.03. The quantitative estimate of drug-likeness (QED) is 0.516. The Balaban J connectivity index is 3.23. The fraction of sp³-hybridized carbons (Fsp3) is 0.700. The van der Waals surface area contributed by atoms with E-state index in [1.54, 1.807) is 0 Å². The van der Waals surface area contributed by atoms with Crippen LogP contribution in [0.2, 0.25) is 0 Å². The smallest absolute Gasteiger partial charge is 0.381 e. The van der Waals surface area contributed by atoms with Gasteiger partial charge < -0.3 is 5.11 Å². The van der Waals surface area contributed by atoms with Gasteiger partial charge in [-0.25, -0.2) is 4.79 Å². The number of aliphatic carboxylic acids is 1. The summed E-state index contributed by atoms with van der Waals surface area (Å²) in [6, 6.07) is 0. The molecule has 0 saturated carbocycles. The minimum absolute atomic E-state index is 0.707. The molecule has 0 radical (unpaired) electrons. The fourth-order valence-electron chi connectivity index (χ4n) is 0.904. The van der Waals surface area contributed by atoms with Crippen molar-refractivity contribution in [2.75, 3.05) is 0 Å². The van der Waals surface area contributed by atoms with Crippen LogP contribution in [0.1, 0.15) is 39.5 Å². The monoisotopic (exact) mass is 168 g/mol. The van der Waals surface area contributed by atoms with Crippen molar-refractivity contribution in [1.29, 1.82) is 0 Å². The van der Waals surface area contributed by atoms with E-state index < -0.39 is 5.97 Å². The molecule has 0 fully saturated rings. The number of carboxylic acid groups (broad SMARTS) is 1. The van der Waals surface area contributed by atoms with Gasteiger partial charge in [-0.3, -0.25) is 0 Å². The van der Waals surface area contributed by atoms with Crippen LogP contribution in [0.4, 0.5) is 0 Å². The Labute approximate surface area is 74.0 Å². The zero-order chi connectivity index (χ0) is 9.40. The first-order chi connectivity index (χ1) is 5.63. The lowest BCUT2D eigenvalue weighted by atomic mass is 10.1. The molecule has 0 spiro atoms. The Morgan fingerprint density at radius 2 is 2.08 bits per heavy atom. The van der Waals surface area contributed by atoms with Gasteiger partial charge >= 0.3 is 5.97 Å². The molecule has 0 aromatic carbocycles. The SMILES string of the molecule is CC(C)CCCCC#CC(=O)O. The van der Waals surface area contributed by atoms with Crippen LogP contribution in [0, 0.1) is 17.8 Å². The molecular formula is C10H16O2. The standard InChI is InChI=1S/C10H16O2/c1-9(2)7-5-3-4-6-8-10(11)12/h9H,3-5,7H2,1-2H3,(H,11,12). The van der Waals surface area contributed by atoms with Crippen molar-refractivity contribution in [3.63, 3.8) is 0 Å². The lowest BCUT2D eigenvalue weighted by Crippen LogP contribution is -1.88. The van der Waals surface area contributed by atoms with E-state index >= 15 is 0 Å². The number of carboxylic acids is 1. The third kappa shape index (κ3) is 9.03. The summed E-state index contributed by atoms with van der Waals surface area (Å²) in [4.78, 5) is 9.97. The molecule has 0 atom stereocenters.